The highest BCUT2D eigenvalue weighted by molar-refractivity contribution is 7.80. The lowest BCUT2D eigenvalue weighted by Crippen LogP contribution is -2.69. The molecule has 1 aliphatic rings. The fourth-order valence-electron chi connectivity index (χ4n) is 2.25. The zero-order chi connectivity index (χ0) is 15.6. The number of benzene rings is 1. The molecule has 5 atom stereocenters. The van der Waals surface area contributed by atoms with Gasteiger partial charge in [0.2, 0.25) is 0 Å². The summed E-state index contributed by atoms with van der Waals surface area (Å²) < 4.78 is 0. The Morgan fingerprint density at radius 2 is 1.81 bits per heavy atom. The van der Waals surface area contributed by atoms with Crippen LogP contribution in [0.4, 0.5) is 5.69 Å². The highest BCUT2D eigenvalue weighted by Crippen LogP contribution is 2.24. The van der Waals surface area contributed by atoms with Crippen molar-refractivity contribution in [1.29, 1.82) is 0 Å². The summed E-state index contributed by atoms with van der Waals surface area (Å²) in [6.45, 7) is -0.669. The van der Waals surface area contributed by atoms with Gasteiger partial charge in [-0.1, -0.05) is 18.2 Å². The smallest absolute Gasteiger partial charge is 0.176 e. The summed E-state index contributed by atoms with van der Waals surface area (Å²) in [5, 5.41) is 51.4. The van der Waals surface area contributed by atoms with Crippen LogP contribution >= 0.6 is 12.2 Å². The molecule has 1 fully saturated rings. The number of anilines is 1. The Morgan fingerprint density at radius 3 is 2.38 bits per heavy atom. The van der Waals surface area contributed by atoms with E-state index in [9.17, 15) is 20.4 Å². The lowest BCUT2D eigenvalue weighted by molar-refractivity contribution is -0.0831. The molecule has 0 amide bonds. The molecule has 0 aliphatic carbocycles. The molecule has 6 N–H and O–H groups in total. The van der Waals surface area contributed by atoms with Gasteiger partial charge >= 0.3 is 0 Å². The van der Waals surface area contributed by atoms with Gasteiger partial charge in [0, 0.05) is 5.69 Å². The third-order valence-corrected chi connectivity index (χ3v) is 3.75. The van der Waals surface area contributed by atoms with Crippen LogP contribution in [0.1, 0.15) is 0 Å². The molecule has 0 radical (unpaired) electrons. The van der Waals surface area contributed by atoms with E-state index in [0.717, 1.165) is 0 Å². The molecule has 2 rings (SSSR count). The molecule has 1 aromatic rings. The Balaban J connectivity index is 2.21. The SMILES string of the molecule is OCC(O)C(O)[C@H]1NC(=S)N(c2ccccc2)[C@H](O)[C@@H]1O. The number of hydrogen-bond donors (Lipinski definition) is 6. The van der Waals surface area contributed by atoms with E-state index in [4.69, 9.17) is 17.3 Å². The van der Waals surface area contributed by atoms with E-state index in [1.54, 1.807) is 30.3 Å². The topological polar surface area (TPSA) is 116 Å². The molecule has 0 bridgehead atoms. The van der Waals surface area contributed by atoms with Crippen molar-refractivity contribution >= 4 is 23.0 Å². The van der Waals surface area contributed by atoms with Crippen molar-refractivity contribution in [3.05, 3.63) is 30.3 Å². The first kappa shape index (κ1) is 16.1. The van der Waals surface area contributed by atoms with Crippen LogP contribution in [-0.2, 0) is 0 Å². The van der Waals surface area contributed by atoms with Crippen molar-refractivity contribution in [2.24, 2.45) is 0 Å². The van der Waals surface area contributed by atoms with Crippen LogP contribution in [0, 0.1) is 0 Å². The quantitative estimate of drug-likeness (QED) is 0.359. The second-order valence-corrected chi connectivity index (χ2v) is 5.21. The Morgan fingerprint density at radius 1 is 1.19 bits per heavy atom. The Hall–Kier alpha value is -1.29. The van der Waals surface area contributed by atoms with E-state index < -0.39 is 37.2 Å². The molecule has 1 aliphatic heterocycles. The Kier molecular flexibility index (Phi) is 5.09. The van der Waals surface area contributed by atoms with Crippen molar-refractivity contribution < 1.29 is 25.5 Å². The van der Waals surface area contributed by atoms with E-state index in [2.05, 4.69) is 5.32 Å². The van der Waals surface area contributed by atoms with Crippen molar-refractivity contribution in [2.45, 2.75) is 30.6 Å². The van der Waals surface area contributed by atoms with Gasteiger partial charge in [-0.2, -0.15) is 0 Å². The highest BCUT2D eigenvalue weighted by Gasteiger charge is 2.43. The van der Waals surface area contributed by atoms with Gasteiger partial charge in [-0.3, -0.25) is 4.90 Å². The number of thiocarbonyl (C=S) groups is 1. The van der Waals surface area contributed by atoms with Crippen LogP contribution in [0.2, 0.25) is 0 Å². The molecule has 2 unspecified atom stereocenters. The Labute approximate surface area is 127 Å². The predicted molar refractivity (Wildman–Crippen MR) is 79.6 cm³/mol. The van der Waals surface area contributed by atoms with Crippen molar-refractivity contribution in [2.75, 3.05) is 11.5 Å². The standard InChI is InChI=1S/C13H18N2O5S/c16-6-8(17)10(18)9-11(19)12(20)15(13(21)14-9)7-4-2-1-3-5-7/h1-5,8-12,16-20H,6H2,(H,14,21)/t8?,9-,10?,11-,12-/m1/s1. The van der Waals surface area contributed by atoms with Crippen molar-refractivity contribution in [3.8, 4) is 0 Å². The molecule has 1 aromatic carbocycles. The van der Waals surface area contributed by atoms with Crippen LogP contribution in [0.5, 0.6) is 0 Å². The predicted octanol–water partition coefficient (Wildman–Crippen LogP) is -1.86. The number of aliphatic hydroxyl groups is 5. The van der Waals surface area contributed by atoms with E-state index in [-0.39, 0.29) is 5.11 Å². The fourth-order valence-corrected chi connectivity index (χ4v) is 2.60. The summed E-state index contributed by atoms with van der Waals surface area (Å²) >= 11 is 5.15. The second-order valence-electron chi connectivity index (χ2n) is 4.83. The summed E-state index contributed by atoms with van der Waals surface area (Å²) in [5.74, 6) is 0. The minimum absolute atomic E-state index is 0.105. The van der Waals surface area contributed by atoms with Gasteiger partial charge in [-0.05, 0) is 24.4 Å². The lowest BCUT2D eigenvalue weighted by atomic mass is 9.96. The van der Waals surface area contributed by atoms with Crippen LogP contribution < -0.4 is 10.2 Å². The molecule has 0 aromatic heterocycles. The molecular formula is C13H18N2O5S. The maximum Gasteiger partial charge on any atom is 0.176 e. The van der Waals surface area contributed by atoms with Crippen molar-refractivity contribution in [3.63, 3.8) is 0 Å². The first-order valence-corrected chi connectivity index (χ1v) is 6.86. The first-order valence-electron chi connectivity index (χ1n) is 6.45. The zero-order valence-electron chi connectivity index (χ0n) is 11.1. The minimum atomic E-state index is -1.48. The third kappa shape index (κ3) is 3.15. The summed E-state index contributed by atoms with van der Waals surface area (Å²) in [4.78, 5) is 1.31. The number of nitrogens with one attached hydrogen (secondary N) is 1. The largest absolute Gasteiger partial charge is 0.394 e. The fraction of sp³-hybridized carbons (Fsp3) is 0.462. The molecule has 1 saturated heterocycles. The van der Waals surface area contributed by atoms with Gasteiger partial charge in [0.1, 0.15) is 18.3 Å². The van der Waals surface area contributed by atoms with Crippen LogP contribution in [0.3, 0.4) is 0 Å². The van der Waals surface area contributed by atoms with Gasteiger partial charge < -0.3 is 30.8 Å². The van der Waals surface area contributed by atoms with Gasteiger partial charge in [0.05, 0.1) is 12.6 Å². The summed E-state index contributed by atoms with van der Waals surface area (Å²) in [7, 11) is 0. The van der Waals surface area contributed by atoms with Crippen molar-refractivity contribution in [1.82, 2.24) is 5.32 Å². The molecule has 0 saturated carbocycles. The van der Waals surface area contributed by atoms with Gasteiger partial charge in [-0.15, -0.1) is 0 Å². The highest BCUT2D eigenvalue weighted by atomic mass is 32.1. The number of aliphatic hydroxyl groups excluding tert-OH is 5. The van der Waals surface area contributed by atoms with Crippen LogP contribution in [0.25, 0.3) is 0 Å². The number of para-hydroxylation sites is 1. The van der Waals surface area contributed by atoms with Gasteiger partial charge in [-0.25, -0.2) is 0 Å². The number of nitrogens with zero attached hydrogens (tertiary/aromatic N) is 1. The van der Waals surface area contributed by atoms with E-state index in [0.29, 0.717) is 5.69 Å². The normalized spacial score (nSPS) is 28.9. The van der Waals surface area contributed by atoms with Gasteiger partial charge in [0.15, 0.2) is 11.3 Å². The van der Waals surface area contributed by atoms with E-state index in [1.165, 1.54) is 4.90 Å². The second kappa shape index (κ2) is 6.65. The molecule has 1 heterocycles. The average molecular weight is 314 g/mol. The van der Waals surface area contributed by atoms with E-state index in [1.807, 2.05) is 0 Å². The zero-order valence-corrected chi connectivity index (χ0v) is 11.9. The molecule has 21 heavy (non-hydrogen) atoms. The molecule has 116 valence electrons. The molecular weight excluding hydrogens is 296 g/mol. The van der Waals surface area contributed by atoms with E-state index >= 15 is 0 Å². The third-order valence-electron chi connectivity index (χ3n) is 3.43. The summed E-state index contributed by atoms with van der Waals surface area (Å²) in [5.41, 5.74) is 0.581. The maximum absolute atomic E-state index is 10.2. The summed E-state index contributed by atoms with van der Waals surface area (Å²) in [6, 6.07) is 7.65. The first-order chi connectivity index (χ1) is 9.97. The Bertz CT molecular complexity index is 489. The molecule has 7 nitrogen and oxygen atoms in total. The average Bonchev–Trinajstić information content (AvgIpc) is 2.50. The maximum atomic E-state index is 10.2. The lowest BCUT2D eigenvalue weighted by Gasteiger charge is -2.44. The van der Waals surface area contributed by atoms with Gasteiger partial charge in [0.25, 0.3) is 0 Å². The number of rotatable bonds is 4. The number of hydrogen-bond acceptors (Lipinski definition) is 6. The monoisotopic (exact) mass is 314 g/mol. The minimum Gasteiger partial charge on any atom is -0.394 e. The molecule has 0 spiro atoms. The van der Waals surface area contributed by atoms with Crippen LogP contribution in [0.15, 0.2) is 30.3 Å². The summed E-state index contributed by atoms with van der Waals surface area (Å²) in [6.07, 6.45) is -5.72. The van der Waals surface area contributed by atoms with Crippen LogP contribution in [-0.4, -0.2) is 67.8 Å². The molecule has 8 heteroatoms.